The van der Waals surface area contributed by atoms with Gasteiger partial charge in [0.1, 0.15) is 10.7 Å². The van der Waals surface area contributed by atoms with Crippen LogP contribution >= 0.6 is 11.6 Å². The molecule has 0 saturated carbocycles. The summed E-state index contributed by atoms with van der Waals surface area (Å²) in [7, 11) is 0. The summed E-state index contributed by atoms with van der Waals surface area (Å²) in [6.45, 7) is 5.69. The number of Topliss-reactive ketones (excluding diaryl/α,β-unsaturated/α-hetero) is 1. The highest BCUT2D eigenvalue weighted by Gasteiger charge is 2.23. The Kier molecular flexibility index (Phi) is 5.95. The molecule has 0 aliphatic rings. The molecule has 1 heterocycles. The smallest absolute Gasteiger partial charge is 0.343 e. The number of ketones is 1. The maximum Gasteiger partial charge on any atom is 0.343 e. The van der Waals surface area contributed by atoms with Crippen molar-refractivity contribution >= 4 is 23.4 Å². The molecule has 3 aromatic rings. The molecule has 0 aliphatic heterocycles. The molecule has 0 aliphatic carbocycles. The van der Waals surface area contributed by atoms with Gasteiger partial charge in [0.25, 0.3) is 0 Å². The van der Waals surface area contributed by atoms with Gasteiger partial charge in [0.15, 0.2) is 12.4 Å². The van der Waals surface area contributed by atoms with E-state index in [4.69, 9.17) is 16.3 Å². The van der Waals surface area contributed by atoms with E-state index in [-0.39, 0.29) is 23.1 Å². The second-order valence-corrected chi connectivity index (χ2v) is 7.05. The van der Waals surface area contributed by atoms with Gasteiger partial charge in [0.2, 0.25) is 0 Å². The van der Waals surface area contributed by atoms with Crippen LogP contribution in [0.15, 0.2) is 48.5 Å². The Bertz CT molecular complexity index is 1030. The van der Waals surface area contributed by atoms with Gasteiger partial charge in [-0.3, -0.25) is 4.79 Å². The summed E-state index contributed by atoms with van der Waals surface area (Å²) in [6.07, 6.45) is 0. The monoisotopic (exact) mass is 396 g/mol. The van der Waals surface area contributed by atoms with Gasteiger partial charge in [-0.25, -0.2) is 9.48 Å². The molecule has 1 aromatic heterocycles. The first-order valence-corrected chi connectivity index (χ1v) is 9.29. The van der Waals surface area contributed by atoms with Gasteiger partial charge in [-0.2, -0.15) is 5.10 Å². The van der Waals surface area contributed by atoms with Crippen LogP contribution in [0.2, 0.25) is 5.15 Å². The number of carbonyl (C=O) groups is 2. The van der Waals surface area contributed by atoms with Gasteiger partial charge in [0, 0.05) is 5.56 Å². The average Bonchev–Trinajstić information content (AvgIpc) is 2.96. The Hall–Kier alpha value is -2.92. The molecule has 5 nitrogen and oxygen atoms in total. The SMILES string of the molecule is Cc1ccc(C(=O)COC(=O)c2c(C)nn(Cc3ccccc3)c2Cl)cc1C. The summed E-state index contributed by atoms with van der Waals surface area (Å²) in [6, 6.07) is 15.1. The van der Waals surface area contributed by atoms with Crippen molar-refractivity contribution in [1.29, 1.82) is 0 Å². The maximum atomic E-state index is 12.5. The van der Waals surface area contributed by atoms with Crippen LogP contribution in [0.3, 0.4) is 0 Å². The summed E-state index contributed by atoms with van der Waals surface area (Å²) < 4.78 is 6.76. The average molecular weight is 397 g/mol. The van der Waals surface area contributed by atoms with E-state index in [9.17, 15) is 9.59 Å². The third-order valence-electron chi connectivity index (χ3n) is 4.61. The number of halogens is 1. The maximum absolute atomic E-state index is 12.5. The number of ether oxygens (including phenoxy) is 1. The third-order valence-corrected chi connectivity index (χ3v) is 4.99. The molecule has 0 unspecified atom stereocenters. The molecule has 0 atom stereocenters. The van der Waals surface area contributed by atoms with Crippen LogP contribution in [0.25, 0.3) is 0 Å². The topological polar surface area (TPSA) is 61.2 Å². The van der Waals surface area contributed by atoms with Crippen LogP contribution in [0.4, 0.5) is 0 Å². The summed E-state index contributed by atoms with van der Waals surface area (Å²) in [5, 5.41) is 4.53. The molecule has 0 saturated heterocycles. The van der Waals surface area contributed by atoms with E-state index in [1.165, 1.54) is 0 Å². The quantitative estimate of drug-likeness (QED) is 0.453. The number of rotatable bonds is 6. The Balaban J connectivity index is 1.70. The predicted octanol–water partition coefficient (Wildman–Crippen LogP) is 4.55. The lowest BCUT2D eigenvalue weighted by atomic mass is 10.0. The lowest BCUT2D eigenvalue weighted by molar-refractivity contribution is 0.0474. The zero-order valence-corrected chi connectivity index (χ0v) is 16.8. The fourth-order valence-electron chi connectivity index (χ4n) is 2.85. The first-order chi connectivity index (χ1) is 13.4. The Morgan fingerprint density at radius 2 is 1.75 bits per heavy atom. The van der Waals surface area contributed by atoms with Gasteiger partial charge in [-0.1, -0.05) is 54.1 Å². The molecular formula is C22H21ClN2O3. The molecule has 28 heavy (non-hydrogen) atoms. The van der Waals surface area contributed by atoms with Crippen LogP contribution in [-0.2, 0) is 11.3 Å². The zero-order chi connectivity index (χ0) is 20.3. The predicted molar refractivity (Wildman–Crippen MR) is 108 cm³/mol. The molecule has 0 radical (unpaired) electrons. The van der Waals surface area contributed by atoms with Crippen molar-refractivity contribution in [3.8, 4) is 0 Å². The lowest BCUT2D eigenvalue weighted by Gasteiger charge is -2.07. The van der Waals surface area contributed by atoms with Crippen LogP contribution < -0.4 is 0 Å². The van der Waals surface area contributed by atoms with E-state index < -0.39 is 5.97 Å². The first kappa shape index (κ1) is 19.8. The van der Waals surface area contributed by atoms with E-state index in [0.29, 0.717) is 17.8 Å². The van der Waals surface area contributed by atoms with E-state index in [2.05, 4.69) is 5.10 Å². The number of carbonyl (C=O) groups excluding carboxylic acids is 2. The minimum atomic E-state index is -0.654. The molecule has 144 valence electrons. The van der Waals surface area contributed by atoms with Gasteiger partial charge in [-0.15, -0.1) is 0 Å². The molecule has 3 rings (SSSR count). The van der Waals surface area contributed by atoms with Crippen molar-refractivity contribution in [3.63, 3.8) is 0 Å². The van der Waals surface area contributed by atoms with Crippen molar-refractivity contribution in [2.75, 3.05) is 6.61 Å². The summed E-state index contributed by atoms with van der Waals surface area (Å²) in [5.41, 5.74) is 4.28. The summed E-state index contributed by atoms with van der Waals surface area (Å²) >= 11 is 6.36. The van der Waals surface area contributed by atoms with Crippen LogP contribution in [0, 0.1) is 20.8 Å². The second-order valence-electron chi connectivity index (χ2n) is 6.69. The highest BCUT2D eigenvalue weighted by atomic mass is 35.5. The molecule has 0 amide bonds. The fraction of sp³-hybridized carbons (Fsp3) is 0.227. The number of esters is 1. The van der Waals surface area contributed by atoms with Crippen molar-refractivity contribution in [3.05, 3.63) is 87.2 Å². The normalized spacial score (nSPS) is 10.7. The van der Waals surface area contributed by atoms with Crippen LogP contribution in [0.1, 0.15) is 43.1 Å². The molecular weight excluding hydrogens is 376 g/mol. The van der Waals surface area contributed by atoms with E-state index >= 15 is 0 Å². The highest BCUT2D eigenvalue weighted by Crippen LogP contribution is 2.22. The number of nitrogens with zero attached hydrogens (tertiary/aromatic N) is 2. The van der Waals surface area contributed by atoms with Crippen LogP contribution in [0.5, 0.6) is 0 Å². The van der Waals surface area contributed by atoms with E-state index in [1.807, 2.05) is 50.2 Å². The van der Waals surface area contributed by atoms with Gasteiger partial charge >= 0.3 is 5.97 Å². The largest absolute Gasteiger partial charge is 0.454 e. The Morgan fingerprint density at radius 3 is 2.43 bits per heavy atom. The van der Waals surface area contributed by atoms with E-state index in [1.54, 1.807) is 23.7 Å². The second kappa shape index (κ2) is 8.40. The molecule has 0 fully saturated rings. The minimum absolute atomic E-state index is 0.186. The van der Waals surface area contributed by atoms with Crippen LogP contribution in [-0.4, -0.2) is 28.1 Å². The van der Waals surface area contributed by atoms with Gasteiger partial charge < -0.3 is 4.74 Å². The molecule has 6 heteroatoms. The zero-order valence-electron chi connectivity index (χ0n) is 16.0. The van der Waals surface area contributed by atoms with Crippen molar-refractivity contribution in [2.45, 2.75) is 27.3 Å². The minimum Gasteiger partial charge on any atom is -0.454 e. The van der Waals surface area contributed by atoms with Gasteiger partial charge in [0.05, 0.1) is 12.2 Å². The summed E-state index contributed by atoms with van der Waals surface area (Å²) in [5.74, 6) is -0.916. The molecule has 0 spiro atoms. The van der Waals surface area contributed by atoms with Crippen molar-refractivity contribution in [1.82, 2.24) is 9.78 Å². The third kappa shape index (κ3) is 4.31. The number of aryl methyl sites for hydroxylation is 3. The molecule has 0 bridgehead atoms. The number of benzene rings is 2. The molecule has 2 aromatic carbocycles. The van der Waals surface area contributed by atoms with Crippen molar-refractivity contribution in [2.24, 2.45) is 0 Å². The summed E-state index contributed by atoms with van der Waals surface area (Å²) in [4.78, 5) is 24.8. The first-order valence-electron chi connectivity index (χ1n) is 8.91. The Labute approximate surface area is 168 Å². The molecule has 0 N–H and O–H groups in total. The lowest BCUT2D eigenvalue weighted by Crippen LogP contribution is -2.15. The van der Waals surface area contributed by atoms with Gasteiger partial charge in [-0.05, 0) is 43.5 Å². The number of hydrogen-bond donors (Lipinski definition) is 0. The standard InChI is InChI=1S/C22H21ClN2O3/c1-14-9-10-18(11-15(14)2)19(26)13-28-22(27)20-16(3)24-25(21(20)23)12-17-7-5-4-6-8-17/h4-11H,12-13H2,1-3H3. The number of aromatic nitrogens is 2. The van der Waals surface area contributed by atoms with Crippen molar-refractivity contribution < 1.29 is 14.3 Å². The van der Waals surface area contributed by atoms with E-state index in [0.717, 1.165) is 16.7 Å². The fourth-order valence-corrected chi connectivity index (χ4v) is 3.16. The highest BCUT2D eigenvalue weighted by molar-refractivity contribution is 6.32. The Morgan fingerprint density at radius 1 is 1.04 bits per heavy atom. The number of hydrogen-bond acceptors (Lipinski definition) is 4.